The van der Waals surface area contributed by atoms with E-state index in [1.807, 2.05) is 49.4 Å². The highest BCUT2D eigenvalue weighted by atomic mass is 32.2. The van der Waals surface area contributed by atoms with Crippen LogP contribution in [0, 0.1) is 0 Å². The highest BCUT2D eigenvalue weighted by Gasteiger charge is 2.33. The molecular weight excluding hydrogens is 560 g/mol. The summed E-state index contributed by atoms with van der Waals surface area (Å²) >= 11 is 0. The lowest BCUT2D eigenvalue weighted by molar-refractivity contribution is -0.107. The maximum Gasteiger partial charge on any atom is 0.203 e. The molecule has 0 radical (unpaired) electrons. The van der Waals surface area contributed by atoms with Crippen molar-refractivity contribution in [2.75, 3.05) is 33.7 Å². The van der Waals surface area contributed by atoms with E-state index in [-0.39, 0.29) is 35.5 Å². The number of rotatable bonds is 15. The van der Waals surface area contributed by atoms with E-state index in [0.29, 0.717) is 60.7 Å². The molecule has 9 nitrogen and oxygen atoms in total. The second-order valence-corrected chi connectivity index (χ2v) is 12.0. The van der Waals surface area contributed by atoms with E-state index < -0.39 is 15.9 Å². The summed E-state index contributed by atoms with van der Waals surface area (Å²) in [5.41, 5.74) is 2.44. The van der Waals surface area contributed by atoms with Gasteiger partial charge in [0.2, 0.25) is 5.75 Å². The maximum absolute atomic E-state index is 13.5. The van der Waals surface area contributed by atoms with Gasteiger partial charge < -0.3 is 33.2 Å². The van der Waals surface area contributed by atoms with Crippen molar-refractivity contribution in [3.8, 4) is 28.7 Å². The van der Waals surface area contributed by atoms with Crippen molar-refractivity contribution in [1.82, 2.24) is 0 Å². The van der Waals surface area contributed by atoms with Gasteiger partial charge in [-0.1, -0.05) is 37.3 Å². The molecule has 10 heteroatoms. The molecule has 0 N–H and O–H groups in total. The molecule has 0 bridgehead atoms. The van der Waals surface area contributed by atoms with E-state index in [9.17, 15) is 13.2 Å². The number of ether oxygens (including phenoxy) is 6. The SMILES string of the molecule is CCCOc1c(OCc2ccccc2)cc([C@@H]2CC[C@@H](c3cc(OC)c(OC)c(OC)c3)O2)cc1S(=O)(=O)CCC=O. The van der Waals surface area contributed by atoms with Crippen molar-refractivity contribution in [2.45, 2.75) is 56.3 Å². The average Bonchev–Trinajstić information content (AvgIpc) is 3.52. The number of carbonyl (C=O) groups excluding carboxylic acids is 1. The lowest BCUT2D eigenvalue weighted by Gasteiger charge is -2.21. The topological polar surface area (TPSA) is 107 Å². The van der Waals surface area contributed by atoms with Gasteiger partial charge in [-0.05, 0) is 60.2 Å². The monoisotopic (exact) mass is 598 g/mol. The van der Waals surface area contributed by atoms with Crippen LogP contribution in [0.2, 0.25) is 0 Å². The molecule has 0 amide bonds. The summed E-state index contributed by atoms with van der Waals surface area (Å²) in [6.07, 6.45) is 1.78. The van der Waals surface area contributed by atoms with Gasteiger partial charge in [0.1, 0.15) is 17.8 Å². The molecule has 3 aromatic rings. The van der Waals surface area contributed by atoms with Crippen molar-refractivity contribution in [2.24, 2.45) is 0 Å². The Morgan fingerprint density at radius 3 is 2.02 bits per heavy atom. The molecule has 1 saturated heterocycles. The number of benzene rings is 3. The second-order valence-electron chi connectivity index (χ2n) is 9.89. The smallest absolute Gasteiger partial charge is 0.203 e. The first-order valence-corrected chi connectivity index (χ1v) is 15.6. The molecule has 2 atom stereocenters. The normalized spacial score (nSPS) is 16.6. The number of aldehydes is 1. The van der Waals surface area contributed by atoms with Gasteiger partial charge >= 0.3 is 0 Å². The molecule has 1 aliphatic rings. The van der Waals surface area contributed by atoms with Gasteiger partial charge in [0.05, 0.1) is 45.9 Å². The third-order valence-electron chi connectivity index (χ3n) is 7.02. The minimum Gasteiger partial charge on any atom is -0.493 e. The fourth-order valence-electron chi connectivity index (χ4n) is 4.93. The predicted octanol–water partition coefficient (Wildman–Crippen LogP) is 6.04. The summed E-state index contributed by atoms with van der Waals surface area (Å²) in [5, 5.41) is 0. The molecule has 226 valence electrons. The van der Waals surface area contributed by atoms with Crippen LogP contribution in [0.25, 0.3) is 0 Å². The van der Waals surface area contributed by atoms with Crippen LogP contribution in [-0.4, -0.2) is 48.4 Å². The summed E-state index contributed by atoms with van der Waals surface area (Å²) in [4.78, 5) is 11.1. The highest BCUT2D eigenvalue weighted by Crippen LogP contribution is 2.48. The Kier molecular flexibility index (Phi) is 10.7. The first-order chi connectivity index (χ1) is 20.3. The van der Waals surface area contributed by atoms with Crippen molar-refractivity contribution >= 4 is 16.1 Å². The van der Waals surface area contributed by atoms with Crippen LogP contribution in [0.4, 0.5) is 0 Å². The number of hydrogen-bond acceptors (Lipinski definition) is 9. The molecule has 1 heterocycles. The van der Waals surface area contributed by atoms with Crippen LogP contribution in [-0.2, 0) is 26.0 Å². The third-order valence-corrected chi connectivity index (χ3v) is 8.77. The molecule has 42 heavy (non-hydrogen) atoms. The Hall–Kier alpha value is -3.76. The first kappa shape index (κ1) is 31.2. The largest absolute Gasteiger partial charge is 0.493 e. The van der Waals surface area contributed by atoms with Crippen LogP contribution in [0.1, 0.15) is 61.5 Å². The number of methoxy groups -OCH3 is 3. The average molecular weight is 599 g/mol. The van der Waals surface area contributed by atoms with Gasteiger partial charge in [-0.25, -0.2) is 8.42 Å². The maximum atomic E-state index is 13.5. The fraction of sp³-hybridized carbons (Fsp3) is 0.406. The minimum atomic E-state index is -3.87. The lowest BCUT2D eigenvalue weighted by Crippen LogP contribution is -2.13. The summed E-state index contributed by atoms with van der Waals surface area (Å²) in [6, 6.07) is 16.7. The zero-order valence-corrected chi connectivity index (χ0v) is 25.3. The number of hydrogen-bond donors (Lipinski definition) is 0. The Morgan fingerprint density at radius 2 is 1.45 bits per heavy atom. The van der Waals surface area contributed by atoms with Gasteiger partial charge in [0.25, 0.3) is 0 Å². The molecule has 3 aromatic carbocycles. The van der Waals surface area contributed by atoms with E-state index in [4.69, 9.17) is 28.4 Å². The van der Waals surface area contributed by atoms with Crippen LogP contribution in [0.15, 0.2) is 59.5 Å². The quantitative estimate of drug-likeness (QED) is 0.194. The zero-order valence-electron chi connectivity index (χ0n) is 24.5. The molecule has 0 saturated carbocycles. The second kappa shape index (κ2) is 14.4. The van der Waals surface area contributed by atoms with Gasteiger partial charge in [0, 0.05) is 6.42 Å². The van der Waals surface area contributed by atoms with Crippen LogP contribution < -0.4 is 23.7 Å². The minimum absolute atomic E-state index is 0.00167. The van der Waals surface area contributed by atoms with E-state index in [2.05, 4.69) is 0 Å². The van der Waals surface area contributed by atoms with Gasteiger partial charge in [-0.3, -0.25) is 0 Å². The van der Waals surface area contributed by atoms with E-state index in [1.165, 1.54) is 0 Å². The van der Waals surface area contributed by atoms with Crippen molar-refractivity contribution in [3.63, 3.8) is 0 Å². The fourth-order valence-corrected chi connectivity index (χ4v) is 6.31. The lowest BCUT2D eigenvalue weighted by atomic mass is 10.0. The Bertz CT molecular complexity index is 1430. The molecule has 0 aromatic heterocycles. The Balaban J connectivity index is 1.73. The molecule has 0 aliphatic carbocycles. The summed E-state index contributed by atoms with van der Waals surface area (Å²) < 4.78 is 62.1. The van der Waals surface area contributed by atoms with Gasteiger partial charge in [-0.15, -0.1) is 0 Å². The summed E-state index contributed by atoms with van der Waals surface area (Å²) in [5.74, 6) is 1.68. The van der Waals surface area contributed by atoms with Crippen molar-refractivity contribution < 1.29 is 41.6 Å². The van der Waals surface area contributed by atoms with Crippen LogP contribution in [0.3, 0.4) is 0 Å². The molecule has 0 unspecified atom stereocenters. The highest BCUT2D eigenvalue weighted by molar-refractivity contribution is 7.91. The van der Waals surface area contributed by atoms with Crippen molar-refractivity contribution in [1.29, 1.82) is 0 Å². The van der Waals surface area contributed by atoms with Gasteiger partial charge in [0.15, 0.2) is 32.8 Å². The number of sulfone groups is 1. The van der Waals surface area contributed by atoms with Gasteiger partial charge in [-0.2, -0.15) is 0 Å². The molecular formula is C32H38O9S. The van der Waals surface area contributed by atoms with Crippen molar-refractivity contribution in [3.05, 3.63) is 71.3 Å². The standard InChI is InChI=1S/C32H38O9S/c1-5-15-39-32-29(40-21-22-10-7-6-8-11-22)19-24(20-30(32)42(34,35)16-9-14-33)26-13-12-25(41-26)23-17-27(36-2)31(38-4)28(18-23)37-3/h6-8,10-11,14,17-20,25-26H,5,9,12-13,15-16,21H2,1-4H3/t25-,26-/m0/s1. The summed E-state index contributed by atoms with van der Waals surface area (Å²) in [6.45, 7) is 2.47. The first-order valence-electron chi connectivity index (χ1n) is 13.9. The van der Waals surface area contributed by atoms with E-state index in [0.717, 1.165) is 11.1 Å². The molecule has 0 spiro atoms. The third kappa shape index (κ3) is 7.17. The van der Waals surface area contributed by atoms with Crippen LogP contribution in [0.5, 0.6) is 28.7 Å². The van der Waals surface area contributed by atoms with E-state index >= 15 is 0 Å². The molecule has 1 fully saturated rings. The predicted molar refractivity (Wildman–Crippen MR) is 158 cm³/mol. The van der Waals surface area contributed by atoms with Crippen LogP contribution >= 0.6 is 0 Å². The molecule has 4 rings (SSSR count). The Labute approximate surface area is 247 Å². The summed E-state index contributed by atoms with van der Waals surface area (Å²) in [7, 11) is 0.800. The number of carbonyl (C=O) groups is 1. The zero-order chi connectivity index (χ0) is 30.1. The molecule has 1 aliphatic heterocycles. The van der Waals surface area contributed by atoms with E-state index in [1.54, 1.807) is 33.5 Å². The Morgan fingerprint density at radius 1 is 0.833 bits per heavy atom.